The molecule has 6 nitrogen and oxygen atoms in total. The molecule has 2 fully saturated rings. The number of nitrogens with zero attached hydrogens (tertiary/aromatic N) is 3. The maximum Gasteiger partial charge on any atom is 0.152 e. The second-order valence-electron chi connectivity index (χ2n) is 8.25. The third kappa shape index (κ3) is 4.16. The Morgan fingerprint density at radius 3 is 2.73 bits per heavy atom. The zero-order valence-corrected chi connectivity index (χ0v) is 17.2. The SMILES string of the molecule is CC(=N)C1C(=N)CC(c2ccc(F)cc2-c2cccnc2)CC1=NOC1CN(C)C1. The fraction of sp³-hybridized carbons (Fsp3) is 0.391. The van der Waals surface area contributed by atoms with Crippen LogP contribution in [0.3, 0.4) is 0 Å². The number of aromatic nitrogens is 1. The quantitative estimate of drug-likeness (QED) is 0.577. The van der Waals surface area contributed by atoms with Gasteiger partial charge >= 0.3 is 0 Å². The molecule has 2 atom stereocenters. The number of likely N-dealkylation sites (tertiary alicyclic amines) is 1. The molecule has 2 unspecified atom stereocenters. The Hall–Kier alpha value is -2.93. The maximum atomic E-state index is 14.1. The Bertz CT molecular complexity index is 984. The van der Waals surface area contributed by atoms with E-state index in [-0.39, 0.29) is 17.8 Å². The first-order chi connectivity index (χ1) is 14.4. The molecule has 2 aromatic rings. The van der Waals surface area contributed by atoms with E-state index < -0.39 is 5.92 Å². The van der Waals surface area contributed by atoms with Crippen LogP contribution in [-0.4, -0.2) is 53.3 Å². The van der Waals surface area contributed by atoms with Crippen LogP contribution in [0.15, 0.2) is 47.9 Å². The number of hydrogen-bond donors (Lipinski definition) is 2. The van der Waals surface area contributed by atoms with Crippen LogP contribution in [0.1, 0.15) is 31.2 Å². The number of halogens is 1. The minimum Gasteiger partial charge on any atom is -0.390 e. The van der Waals surface area contributed by atoms with Crippen molar-refractivity contribution in [2.45, 2.75) is 31.8 Å². The van der Waals surface area contributed by atoms with Gasteiger partial charge in [0.05, 0.1) is 11.6 Å². The molecule has 1 saturated heterocycles. The van der Waals surface area contributed by atoms with E-state index in [0.29, 0.717) is 30.0 Å². The lowest BCUT2D eigenvalue weighted by Crippen LogP contribution is -2.49. The standard InChI is InChI=1S/C23H26FN5O/c1-14(25)23-21(26)8-16(9-22(23)28-30-18-12-29(2)13-18)19-6-5-17(24)10-20(19)15-4-3-7-27-11-15/h3-7,10-11,16,18,23,25-26H,8-9,12-13H2,1-2H3. The van der Waals surface area contributed by atoms with E-state index in [4.69, 9.17) is 15.7 Å². The molecule has 2 N–H and O–H groups in total. The lowest BCUT2D eigenvalue weighted by atomic mass is 9.73. The van der Waals surface area contributed by atoms with Crippen LogP contribution < -0.4 is 0 Å². The number of oxime groups is 1. The van der Waals surface area contributed by atoms with Gasteiger partial charge in [-0.3, -0.25) is 9.88 Å². The molecule has 1 saturated carbocycles. The minimum absolute atomic E-state index is 0.0321. The largest absolute Gasteiger partial charge is 0.390 e. The highest BCUT2D eigenvalue weighted by molar-refractivity contribution is 6.23. The van der Waals surface area contributed by atoms with Gasteiger partial charge in [0, 0.05) is 42.5 Å². The first-order valence-corrected chi connectivity index (χ1v) is 10.2. The van der Waals surface area contributed by atoms with Crippen molar-refractivity contribution in [1.29, 1.82) is 10.8 Å². The number of likely N-dealkylation sites (N-methyl/N-ethyl adjacent to an activating group) is 1. The Morgan fingerprint density at radius 1 is 1.27 bits per heavy atom. The second-order valence-corrected chi connectivity index (χ2v) is 8.25. The Kier molecular flexibility index (Phi) is 5.72. The van der Waals surface area contributed by atoms with Crippen LogP contribution in [0.5, 0.6) is 0 Å². The number of rotatable bonds is 5. The second kappa shape index (κ2) is 8.44. The molecule has 156 valence electrons. The normalized spacial score (nSPS) is 24.0. The summed E-state index contributed by atoms with van der Waals surface area (Å²) in [4.78, 5) is 12.0. The zero-order chi connectivity index (χ0) is 21.3. The van der Waals surface area contributed by atoms with Gasteiger partial charge in [-0.2, -0.15) is 0 Å². The summed E-state index contributed by atoms with van der Waals surface area (Å²) in [6.45, 7) is 3.37. The van der Waals surface area contributed by atoms with E-state index in [0.717, 1.165) is 29.8 Å². The summed E-state index contributed by atoms with van der Waals surface area (Å²) in [5, 5.41) is 21.2. The highest BCUT2D eigenvalue weighted by Crippen LogP contribution is 2.38. The monoisotopic (exact) mass is 407 g/mol. The van der Waals surface area contributed by atoms with Crippen molar-refractivity contribution in [1.82, 2.24) is 9.88 Å². The molecule has 7 heteroatoms. The van der Waals surface area contributed by atoms with E-state index in [1.807, 2.05) is 19.2 Å². The van der Waals surface area contributed by atoms with Gasteiger partial charge in [-0.05, 0) is 62.1 Å². The van der Waals surface area contributed by atoms with Gasteiger partial charge in [0.15, 0.2) is 6.10 Å². The highest BCUT2D eigenvalue weighted by Gasteiger charge is 2.35. The lowest BCUT2D eigenvalue weighted by Gasteiger charge is -2.35. The van der Waals surface area contributed by atoms with Gasteiger partial charge in [0.1, 0.15) is 5.82 Å². The molecule has 0 bridgehead atoms. The molecule has 4 rings (SSSR count). The molecule has 0 radical (unpaired) electrons. The number of benzene rings is 1. The van der Waals surface area contributed by atoms with E-state index in [2.05, 4.69) is 15.0 Å². The Morgan fingerprint density at radius 2 is 2.07 bits per heavy atom. The first-order valence-electron chi connectivity index (χ1n) is 10.2. The zero-order valence-electron chi connectivity index (χ0n) is 17.2. The average molecular weight is 407 g/mol. The van der Waals surface area contributed by atoms with Gasteiger partial charge in [-0.1, -0.05) is 17.3 Å². The van der Waals surface area contributed by atoms with E-state index in [1.165, 1.54) is 12.1 Å². The van der Waals surface area contributed by atoms with E-state index in [1.54, 1.807) is 25.4 Å². The molecular formula is C23H26FN5O. The fourth-order valence-corrected chi connectivity index (χ4v) is 4.36. The lowest BCUT2D eigenvalue weighted by molar-refractivity contribution is -0.0416. The van der Waals surface area contributed by atoms with Gasteiger partial charge < -0.3 is 15.7 Å². The number of pyridine rings is 1. The molecule has 2 aliphatic rings. The van der Waals surface area contributed by atoms with Gasteiger partial charge in [0.25, 0.3) is 0 Å². The summed E-state index contributed by atoms with van der Waals surface area (Å²) < 4.78 is 14.1. The topological polar surface area (TPSA) is 85.4 Å². The van der Waals surface area contributed by atoms with Crippen LogP contribution in [0.2, 0.25) is 0 Å². The van der Waals surface area contributed by atoms with E-state index in [9.17, 15) is 4.39 Å². The first kappa shape index (κ1) is 20.3. The minimum atomic E-state index is -0.415. The summed E-state index contributed by atoms with van der Waals surface area (Å²) in [6, 6.07) is 8.53. The molecule has 0 spiro atoms. The van der Waals surface area contributed by atoms with Crippen LogP contribution in [0.4, 0.5) is 4.39 Å². The Labute approximate surface area is 175 Å². The fourth-order valence-electron chi connectivity index (χ4n) is 4.36. The molecule has 1 aliphatic heterocycles. The van der Waals surface area contributed by atoms with Crippen molar-refractivity contribution in [3.8, 4) is 11.1 Å². The third-order valence-corrected chi connectivity index (χ3v) is 5.81. The van der Waals surface area contributed by atoms with Crippen molar-refractivity contribution in [3.63, 3.8) is 0 Å². The van der Waals surface area contributed by atoms with Crippen molar-refractivity contribution >= 4 is 17.1 Å². The smallest absolute Gasteiger partial charge is 0.152 e. The molecule has 30 heavy (non-hydrogen) atoms. The van der Waals surface area contributed by atoms with Crippen molar-refractivity contribution in [2.24, 2.45) is 11.1 Å². The summed E-state index contributed by atoms with van der Waals surface area (Å²) in [5.74, 6) is -0.750. The van der Waals surface area contributed by atoms with E-state index >= 15 is 0 Å². The summed E-state index contributed by atoms with van der Waals surface area (Å²) in [6.07, 6.45) is 4.55. The molecule has 0 amide bonds. The van der Waals surface area contributed by atoms with Crippen LogP contribution in [0.25, 0.3) is 11.1 Å². The van der Waals surface area contributed by atoms with Gasteiger partial charge in [-0.15, -0.1) is 0 Å². The molecule has 1 aromatic heterocycles. The summed E-state index contributed by atoms with van der Waals surface area (Å²) >= 11 is 0. The molecule has 1 aromatic carbocycles. The summed E-state index contributed by atoms with van der Waals surface area (Å²) in [7, 11) is 2.03. The van der Waals surface area contributed by atoms with Crippen LogP contribution in [-0.2, 0) is 4.84 Å². The summed E-state index contributed by atoms with van der Waals surface area (Å²) in [5.41, 5.74) is 4.15. The van der Waals surface area contributed by atoms with Crippen molar-refractivity contribution in [3.05, 3.63) is 54.1 Å². The number of hydrogen-bond acceptors (Lipinski definition) is 6. The Balaban J connectivity index is 1.66. The van der Waals surface area contributed by atoms with Gasteiger partial charge in [-0.25, -0.2) is 4.39 Å². The third-order valence-electron chi connectivity index (χ3n) is 5.81. The number of nitrogens with one attached hydrogen (secondary N) is 2. The predicted octanol–water partition coefficient (Wildman–Crippen LogP) is 4.13. The van der Waals surface area contributed by atoms with Crippen LogP contribution in [0, 0.1) is 22.6 Å². The van der Waals surface area contributed by atoms with Gasteiger partial charge in [0.2, 0.25) is 0 Å². The molecular weight excluding hydrogens is 381 g/mol. The van der Waals surface area contributed by atoms with Crippen LogP contribution >= 0.6 is 0 Å². The van der Waals surface area contributed by atoms with Crippen molar-refractivity contribution in [2.75, 3.05) is 20.1 Å². The molecule has 2 heterocycles. The highest BCUT2D eigenvalue weighted by atomic mass is 19.1. The van der Waals surface area contributed by atoms with Crippen molar-refractivity contribution < 1.29 is 9.23 Å². The maximum absolute atomic E-state index is 14.1. The predicted molar refractivity (Wildman–Crippen MR) is 116 cm³/mol. The average Bonchev–Trinajstić information content (AvgIpc) is 2.70. The molecule has 1 aliphatic carbocycles.